The molecule has 0 rings (SSSR count). The van der Waals surface area contributed by atoms with Crippen molar-refractivity contribution in [1.29, 1.82) is 0 Å². The summed E-state index contributed by atoms with van der Waals surface area (Å²) in [5.74, 6) is 0. The fourth-order valence-corrected chi connectivity index (χ4v) is 0.659. The first-order valence-corrected chi connectivity index (χ1v) is 3.63. The molecular formula is C6H13NO5. The van der Waals surface area contributed by atoms with E-state index in [1.54, 1.807) is 0 Å². The van der Waals surface area contributed by atoms with Crippen LogP contribution in [0.25, 0.3) is 0 Å². The second kappa shape index (κ2) is 8.41. The molecule has 0 saturated carbocycles. The van der Waals surface area contributed by atoms with Gasteiger partial charge in [-0.1, -0.05) is 0 Å². The maximum absolute atomic E-state index is 9.66. The average molecular weight is 179 g/mol. The summed E-state index contributed by atoms with van der Waals surface area (Å²) in [6.07, 6.45) is 2.24. The first kappa shape index (κ1) is 11.3. The zero-order chi connectivity index (χ0) is 9.23. The molecule has 0 aromatic heterocycles. The molecule has 0 bridgehead atoms. The zero-order valence-corrected chi connectivity index (χ0v) is 6.68. The van der Waals surface area contributed by atoms with E-state index in [0.717, 1.165) is 12.8 Å². The number of carbonyl (C=O) groups excluding carboxylic acids is 1. The van der Waals surface area contributed by atoms with Crippen molar-refractivity contribution >= 4 is 6.47 Å². The Bertz CT molecular complexity index is 108. The molecule has 0 spiro atoms. The van der Waals surface area contributed by atoms with E-state index in [0.29, 0.717) is 19.5 Å². The van der Waals surface area contributed by atoms with Gasteiger partial charge in [-0.2, -0.15) is 0 Å². The molecular weight excluding hydrogens is 166 g/mol. The monoisotopic (exact) mass is 179 g/mol. The predicted octanol–water partition coefficient (Wildman–Crippen LogP) is 0.342. The molecule has 72 valence electrons. The van der Waals surface area contributed by atoms with Gasteiger partial charge in [-0.25, -0.2) is 0 Å². The quantitative estimate of drug-likeness (QED) is 0.318. The molecule has 0 aliphatic heterocycles. The van der Waals surface area contributed by atoms with E-state index in [-0.39, 0.29) is 12.0 Å². The smallest absolute Gasteiger partial charge is 0.293 e. The van der Waals surface area contributed by atoms with E-state index in [2.05, 4.69) is 9.57 Å². The number of rotatable bonds is 8. The number of unbranched alkanes of at least 4 members (excludes halogenated alkanes) is 2. The molecule has 0 amide bonds. The SMILES string of the molecule is O=COCCCCCON(O)O. The first-order chi connectivity index (χ1) is 5.77. The molecule has 0 radical (unpaired) electrons. The lowest BCUT2D eigenvalue weighted by Crippen LogP contribution is -2.14. The molecule has 0 aromatic rings. The maximum atomic E-state index is 9.66. The number of hydrogen-bond acceptors (Lipinski definition) is 6. The van der Waals surface area contributed by atoms with E-state index in [1.807, 2.05) is 0 Å². The highest BCUT2D eigenvalue weighted by atomic mass is 17.1. The molecule has 0 aromatic carbocycles. The first-order valence-electron chi connectivity index (χ1n) is 3.63. The molecule has 6 heteroatoms. The lowest BCUT2D eigenvalue weighted by molar-refractivity contribution is -0.492. The normalized spacial score (nSPS) is 10.2. The summed E-state index contributed by atoms with van der Waals surface area (Å²) in [5, 5.41) is 15.9. The van der Waals surface area contributed by atoms with Gasteiger partial charge >= 0.3 is 0 Å². The van der Waals surface area contributed by atoms with Crippen LogP contribution in [0.3, 0.4) is 0 Å². The van der Waals surface area contributed by atoms with Gasteiger partial charge < -0.3 is 4.74 Å². The molecule has 0 aliphatic carbocycles. The third-order valence-corrected chi connectivity index (χ3v) is 1.18. The van der Waals surface area contributed by atoms with Crippen LogP contribution in [0.5, 0.6) is 0 Å². The number of hydrogen-bond donors (Lipinski definition) is 2. The summed E-state index contributed by atoms with van der Waals surface area (Å²) in [6.45, 7) is 1.03. The van der Waals surface area contributed by atoms with Crippen LogP contribution in [0.2, 0.25) is 0 Å². The Morgan fingerprint density at radius 3 is 2.42 bits per heavy atom. The largest absolute Gasteiger partial charge is 0.468 e. The second-order valence-corrected chi connectivity index (χ2v) is 2.11. The van der Waals surface area contributed by atoms with Crippen molar-refractivity contribution in [3.63, 3.8) is 0 Å². The van der Waals surface area contributed by atoms with Crippen molar-refractivity contribution in [2.75, 3.05) is 13.2 Å². The van der Waals surface area contributed by atoms with Gasteiger partial charge in [0.15, 0.2) is 0 Å². The van der Waals surface area contributed by atoms with Crippen molar-refractivity contribution in [2.45, 2.75) is 19.3 Å². The molecule has 0 fully saturated rings. The fourth-order valence-electron chi connectivity index (χ4n) is 0.659. The van der Waals surface area contributed by atoms with Gasteiger partial charge in [0, 0.05) is 0 Å². The third-order valence-electron chi connectivity index (χ3n) is 1.18. The maximum Gasteiger partial charge on any atom is 0.293 e. The number of carbonyl (C=O) groups is 1. The summed E-state index contributed by atoms with van der Waals surface area (Å²) in [5.41, 5.74) is 0. The van der Waals surface area contributed by atoms with Crippen LogP contribution in [0.1, 0.15) is 19.3 Å². The van der Waals surface area contributed by atoms with Crippen LogP contribution in [0.4, 0.5) is 0 Å². The Hall–Kier alpha value is -0.690. The molecule has 12 heavy (non-hydrogen) atoms. The van der Waals surface area contributed by atoms with Crippen molar-refractivity contribution in [1.82, 2.24) is 5.39 Å². The van der Waals surface area contributed by atoms with Crippen LogP contribution in [0.15, 0.2) is 0 Å². The Morgan fingerprint density at radius 1 is 1.17 bits per heavy atom. The molecule has 6 nitrogen and oxygen atoms in total. The van der Waals surface area contributed by atoms with Crippen molar-refractivity contribution in [3.8, 4) is 0 Å². The van der Waals surface area contributed by atoms with Crippen molar-refractivity contribution in [2.24, 2.45) is 0 Å². The topological polar surface area (TPSA) is 79.2 Å². The van der Waals surface area contributed by atoms with E-state index in [1.165, 1.54) is 0 Å². The Kier molecular flexibility index (Phi) is 7.92. The van der Waals surface area contributed by atoms with Crippen LogP contribution < -0.4 is 0 Å². The van der Waals surface area contributed by atoms with E-state index < -0.39 is 0 Å². The fraction of sp³-hybridized carbons (Fsp3) is 0.833. The van der Waals surface area contributed by atoms with Gasteiger partial charge in [0.25, 0.3) is 6.47 Å². The van der Waals surface area contributed by atoms with E-state index in [4.69, 9.17) is 10.4 Å². The van der Waals surface area contributed by atoms with Gasteiger partial charge in [0.1, 0.15) is 0 Å². The summed E-state index contributed by atoms with van der Waals surface area (Å²) in [7, 11) is 0. The predicted molar refractivity (Wildman–Crippen MR) is 37.2 cm³/mol. The molecule has 0 aliphatic rings. The minimum Gasteiger partial charge on any atom is -0.468 e. The van der Waals surface area contributed by atoms with Gasteiger partial charge in [-0.3, -0.25) is 20.0 Å². The third kappa shape index (κ3) is 9.31. The van der Waals surface area contributed by atoms with Crippen molar-refractivity contribution in [3.05, 3.63) is 0 Å². The Morgan fingerprint density at radius 2 is 1.83 bits per heavy atom. The van der Waals surface area contributed by atoms with Crippen molar-refractivity contribution < 1.29 is 24.8 Å². The lowest BCUT2D eigenvalue weighted by Gasteiger charge is -2.05. The summed E-state index contributed by atoms with van der Waals surface area (Å²) in [4.78, 5) is 13.9. The second-order valence-electron chi connectivity index (χ2n) is 2.11. The number of nitrogens with zero attached hydrogens (tertiary/aromatic N) is 1. The van der Waals surface area contributed by atoms with Gasteiger partial charge in [-0.05, 0) is 19.3 Å². The highest BCUT2D eigenvalue weighted by Gasteiger charge is 1.93. The van der Waals surface area contributed by atoms with Gasteiger partial charge in [0.2, 0.25) is 0 Å². The molecule has 2 N–H and O–H groups in total. The molecule has 0 atom stereocenters. The summed E-state index contributed by atoms with van der Waals surface area (Å²) in [6, 6.07) is 0. The van der Waals surface area contributed by atoms with Crippen LogP contribution >= 0.6 is 0 Å². The standard InChI is InChI=1S/C6H13NO5/c8-6-11-4-2-1-3-5-12-7(9)10/h6,9-10H,1-5H2. The highest BCUT2D eigenvalue weighted by Crippen LogP contribution is 1.96. The molecule has 0 heterocycles. The Balaban J connectivity index is 2.86. The number of ether oxygens (including phenoxy) is 1. The summed E-state index contributed by atoms with van der Waals surface area (Å²) >= 11 is 0. The highest BCUT2D eigenvalue weighted by molar-refractivity contribution is 5.36. The van der Waals surface area contributed by atoms with E-state index in [9.17, 15) is 4.79 Å². The lowest BCUT2D eigenvalue weighted by atomic mass is 10.2. The van der Waals surface area contributed by atoms with Gasteiger partial charge in [-0.15, -0.1) is 0 Å². The van der Waals surface area contributed by atoms with E-state index >= 15 is 0 Å². The Labute approximate surface area is 70.2 Å². The van der Waals surface area contributed by atoms with Crippen LogP contribution in [-0.4, -0.2) is 35.5 Å². The minimum atomic E-state index is -0.318. The zero-order valence-electron chi connectivity index (χ0n) is 6.68. The average Bonchev–Trinajstić information content (AvgIpc) is 2.02. The van der Waals surface area contributed by atoms with Gasteiger partial charge in [0.05, 0.1) is 18.6 Å². The minimum absolute atomic E-state index is 0.230. The molecule has 0 saturated heterocycles. The van der Waals surface area contributed by atoms with Crippen LogP contribution in [-0.2, 0) is 14.4 Å². The summed E-state index contributed by atoms with van der Waals surface area (Å²) < 4.78 is 4.43. The molecule has 0 unspecified atom stereocenters. The van der Waals surface area contributed by atoms with Crippen LogP contribution in [0, 0.1) is 0 Å².